The first-order valence-corrected chi connectivity index (χ1v) is 11.9. The average Bonchev–Trinajstić information content (AvgIpc) is 3.52. The molecule has 152 valence electrons. The summed E-state index contributed by atoms with van der Waals surface area (Å²) in [6.07, 6.45) is 0. The van der Waals surface area contributed by atoms with Crippen LogP contribution in [0, 0.1) is 0 Å². The number of hydrogen-bond acceptors (Lipinski definition) is 5. The number of hydrogen-bond donors (Lipinski definition) is 2. The molecule has 0 aliphatic rings. The molecule has 31 heavy (non-hydrogen) atoms. The van der Waals surface area contributed by atoms with Gasteiger partial charge in [0.25, 0.3) is 0 Å². The van der Waals surface area contributed by atoms with Crippen LogP contribution in [0.4, 0.5) is 5.69 Å². The van der Waals surface area contributed by atoms with E-state index in [1.807, 2.05) is 48.5 Å². The first-order chi connectivity index (χ1) is 15.3. The lowest BCUT2D eigenvalue weighted by molar-refractivity contribution is 0.926. The molecule has 7 heteroatoms. The summed E-state index contributed by atoms with van der Waals surface area (Å²) in [7, 11) is 0. The Bertz CT molecular complexity index is 1310. The molecule has 3 aromatic heterocycles. The number of nitrogens with one attached hydrogen (secondary N) is 2. The highest BCUT2D eigenvalue weighted by molar-refractivity contribution is 7.80. The molecule has 0 atom stereocenters. The fourth-order valence-electron chi connectivity index (χ4n) is 3.26. The number of anilines is 1. The summed E-state index contributed by atoms with van der Waals surface area (Å²) in [6.45, 7) is 0.673. The van der Waals surface area contributed by atoms with Gasteiger partial charge in [-0.05, 0) is 58.9 Å². The quantitative estimate of drug-likeness (QED) is 0.292. The van der Waals surface area contributed by atoms with Gasteiger partial charge in [-0.1, -0.05) is 42.5 Å². The van der Waals surface area contributed by atoms with Gasteiger partial charge in [-0.25, -0.2) is 9.97 Å². The van der Waals surface area contributed by atoms with Crippen molar-refractivity contribution in [2.45, 2.75) is 6.54 Å². The predicted molar refractivity (Wildman–Crippen MR) is 136 cm³/mol. The molecule has 0 aliphatic heterocycles. The van der Waals surface area contributed by atoms with E-state index in [4.69, 9.17) is 22.2 Å². The summed E-state index contributed by atoms with van der Waals surface area (Å²) in [5.74, 6) is 0. The molecule has 0 fully saturated rings. The number of fused-ring (bicyclic) bond motifs is 1. The van der Waals surface area contributed by atoms with Crippen LogP contribution < -0.4 is 10.6 Å². The Morgan fingerprint density at radius 2 is 1.45 bits per heavy atom. The Morgan fingerprint density at radius 1 is 0.774 bits per heavy atom. The minimum Gasteiger partial charge on any atom is -0.358 e. The Kier molecular flexibility index (Phi) is 5.71. The number of rotatable bonds is 5. The van der Waals surface area contributed by atoms with E-state index >= 15 is 0 Å². The minimum atomic E-state index is 0.574. The summed E-state index contributed by atoms with van der Waals surface area (Å²) in [4.78, 5) is 12.2. The standard InChI is InChI=1S/C24H18N4S3/c29-24(25-15-16-6-2-1-3-7-16)26-17-10-11-18-19(14-17)28-23(21-9-5-13-31-21)22(27-18)20-8-4-12-30-20/h1-14H,15H2,(H2,25,26,29). The second-order valence-corrected chi connectivity index (χ2v) is 9.18. The maximum absolute atomic E-state index is 5.47. The van der Waals surface area contributed by atoms with Gasteiger partial charge in [0.2, 0.25) is 0 Å². The van der Waals surface area contributed by atoms with Gasteiger partial charge in [0, 0.05) is 12.2 Å². The molecule has 5 aromatic rings. The van der Waals surface area contributed by atoms with Crippen LogP contribution in [0.15, 0.2) is 83.6 Å². The lowest BCUT2D eigenvalue weighted by Crippen LogP contribution is -2.27. The lowest BCUT2D eigenvalue weighted by Gasteiger charge is -2.12. The molecule has 0 saturated heterocycles. The molecular formula is C24H18N4S3. The molecule has 2 aromatic carbocycles. The fraction of sp³-hybridized carbons (Fsp3) is 0.0417. The molecule has 0 spiro atoms. The molecule has 0 aliphatic carbocycles. The summed E-state index contributed by atoms with van der Waals surface area (Å²) in [6, 6.07) is 24.4. The van der Waals surface area contributed by atoms with Crippen molar-refractivity contribution in [2.24, 2.45) is 0 Å². The minimum absolute atomic E-state index is 0.574. The third-order valence-electron chi connectivity index (χ3n) is 4.73. The van der Waals surface area contributed by atoms with Gasteiger partial charge in [0.15, 0.2) is 5.11 Å². The number of benzene rings is 2. The van der Waals surface area contributed by atoms with E-state index in [0.29, 0.717) is 11.7 Å². The van der Waals surface area contributed by atoms with Crippen molar-refractivity contribution in [1.29, 1.82) is 0 Å². The third kappa shape index (κ3) is 4.49. The second kappa shape index (κ2) is 8.93. The van der Waals surface area contributed by atoms with Crippen LogP contribution in [0.5, 0.6) is 0 Å². The van der Waals surface area contributed by atoms with E-state index in [0.717, 1.165) is 37.9 Å². The normalized spacial score (nSPS) is 10.8. The lowest BCUT2D eigenvalue weighted by atomic mass is 10.2. The maximum atomic E-state index is 5.47. The van der Waals surface area contributed by atoms with E-state index < -0.39 is 0 Å². The summed E-state index contributed by atoms with van der Waals surface area (Å²) >= 11 is 8.81. The van der Waals surface area contributed by atoms with Crippen LogP contribution in [0.1, 0.15) is 5.56 Å². The summed E-state index contributed by atoms with van der Waals surface area (Å²) < 4.78 is 0. The van der Waals surface area contributed by atoms with E-state index in [2.05, 4.69) is 45.7 Å². The molecule has 5 rings (SSSR count). The maximum Gasteiger partial charge on any atom is 0.171 e. The van der Waals surface area contributed by atoms with E-state index in [9.17, 15) is 0 Å². The zero-order valence-corrected chi connectivity index (χ0v) is 18.9. The van der Waals surface area contributed by atoms with E-state index in [-0.39, 0.29) is 0 Å². The molecule has 0 saturated carbocycles. The zero-order chi connectivity index (χ0) is 21.0. The van der Waals surface area contributed by atoms with Crippen molar-refractivity contribution in [2.75, 3.05) is 5.32 Å². The first kappa shape index (κ1) is 19.8. The average molecular weight is 459 g/mol. The van der Waals surface area contributed by atoms with Crippen LogP contribution in [-0.4, -0.2) is 15.1 Å². The predicted octanol–water partition coefficient (Wildman–Crippen LogP) is 6.57. The van der Waals surface area contributed by atoms with Crippen molar-refractivity contribution in [3.05, 3.63) is 89.1 Å². The fourth-order valence-corrected chi connectivity index (χ4v) is 4.88. The SMILES string of the molecule is S=C(NCc1ccccc1)Nc1ccc2nc(-c3cccs3)c(-c3cccs3)nc2c1. The van der Waals surface area contributed by atoms with E-state index in [1.54, 1.807) is 22.7 Å². The summed E-state index contributed by atoms with van der Waals surface area (Å²) in [5, 5.41) is 11.2. The highest BCUT2D eigenvalue weighted by Gasteiger charge is 2.15. The highest BCUT2D eigenvalue weighted by atomic mass is 32.1. The molecule has 2 N–H and O–H groups in total. The number of thiocarbonyl (C=S) groups is 1. The van der Waals surface area contributed by atoms with Gasteiger partial charge in [-0.15, -0.1) is 22.7 Å². The second-order valence-electron chi connectivity index (χ2n) is 6.87. The van der Waals surface area contributed by atoms with E-state index in [1.165, 1.54) is 5.56 Å². The topological polar surface area (TPSA) is 49.8 Å². The van der Waals surface area contributed by atoms with Crippen LogP contribution in [0.2, 0.25) is 0 Å². The van der Waals surface area contributed by atoms with Crippen LogP contribution in [0.3, 0.4) is 0 Å². The van der Waals surface area contributed by atoms with Crippen LogP contribution >= 0.6 is 34.9 Å². The molecule has 0 unspecified atom stereocenters. The smallest absolute Gasteiger partial charge is 0.171 e. The largest absolute Gasteiger partial charge is 0.358 e. The molecule has 0 amide bonds. The van der Waals surface area contributed by atoms with Crippen molar-refractivity contribution >= 4 is 56.7 Å². The van der Waals surface area contributed by atoms with Crippen molar-refractivity contribution in [1.82, 2.24) is 15.3 Å². The van der Waals surface area contributed by atoms with Gasteiger partial charge >= 0.3 is 0 Å². The first-order valence-electron chi connectivity index (χ1n) is 9.74. The van der Waals surface area contributed by atoms with Crippen molar-refractivity contribution < 1.29 is 0 Å². The van der Waals surface area contributed by atoms with Gasteiger partial charge in [-0.2, -0.15) is 0 Å². The monoisotopic (exact) mass is 458 g/mol. The molecule has 4 nitrogen and oxygen atoms in total. The molecule has 3 heterocycles. The van der Waals surface area contributed by atoms with Crippen molar-refractivity contribution in [3.63, 3.8) is 0 Å². The number of nitrogens with zero attached hydrogens (tertiary/aromatic N) is 2. The summed E-state index contributed by atoms with van der Waals surface area (Å²) in [5.41, 5.74) is 5.58. The van der Waals surface area contributed by atoms with Crippen LogP contribution in [-0.2, 0) is 6.54 Å². The Balaban J connectivity index is 1.43. The zero-order valence-electron chi connectivity index (χ0n) is 16.4. The van der Waals surface area contributed by atoms with Crippen molar-refractivity contribution in [3.8, 4) is 21.1 Å². The number of thiophene rings is 2. The molecule has 0 radical (unpaired) electrons. The Labute approximate surface area is 193 Å². The van der Waals surface area contributed by atoms with Gasteiger partial charge in [0.1, 0.15) is 11.4 Å². The third-order valence-corrected chi connectivity index (χ3v) is 6.73. The Hall–Kier alpha value is -3.13. The molecule has 0 bridgehead atoms. The van der Waals surface area contributed by atoms with Gasteiger partial charge in [-0.3, -0.25) is 0 Å². The number of aromatic nitrogens is 2. The highest BCUT2D eigenvalue weighted by Crippen LogP contribution is 2.35. The van der Waals surface area contributed by atoms with Crippen LogP contribution in [0.25, 0.3) is 32.2 Å². The van der Waals surface area contributed by atoms with Gasteiger partial charge in [0.05, 0.1) is 20.8 Å². The van der Waals surface area contributed by atoms with Gasteiger partial charge < -0.3 is 10.6 Å². The Morgan fingerprint density at radius 3 is 2.10 bits per heavy atom. The molecular weight excluding hydrogens is 440 g/mol.